The molecule has 20 heteroatoms. The van der Waals surface area contributed by atoms with Gasteiger partial charge in [-0.15, -0.1) is 0 Å². The van der Waals surface area contributed by atoms with E-state index in [4.69, 9.17) is 66.3 Å². The summed E-state index contributed by atoms with van der Waals surface area (Å²) in [6, 6.07) is 0. The van der Waals surface area contributed by atoms with Gasteiger partial charge in [0.2, 0.25) is 11.9 Å². The van der Waals surface area contributed by atoms with E-state index in [1.165, 1.54) is 7.11 Å². The summed E-state index contributed by atoms with van der Waals surface area (Å²) in [6.07, 6.45) is -4.40. The van der Waals surface area contributed by atoms with Gasteiger partial charge in [0.15, 0.2) is 24.2 Å². The number of carbonyl (C=O) groups is 1. The zero-order valence-electron chi connectivity index (χ0n) is 46.4. The van der Waals surface area contributed by atoms with Crippen LogP contribution in [0.2, 0.25) is 0 Å². The third kappa shape index (κ3) is 10.5. The van der Waals surface area contributed by atoms with E-state index in [0.29, 0.717) is 38.5 Å². The fourth-order valence-electron chi connectivity index (χ4n) is 14.7. The van der Waals surface area contributed by atoms with Crippen molar-refractivity contribution in [1.29, 1.82) is 0 Å². The molecule has 8 fully saturated rings. The van der Waals surface area contributed by atoms with Crippen LogP contribution in [0.4, 0.5) is 0 Å². The van der Waals surface area contributed by atoms with Crippen molar-refractivity contribution in [2.45, 2.75) is 279 Å². The molecule has 0 aromatic carbocycles. The summed E-state index contributed by atoms with van der Waals surface area (Å²) in [5, 5.41) is 55.5. The van der Waals surface area contributed by atoms with Gasteiger partial charge in [-0.25, -0.2) is 4.79 Å². The largest absolute Gasteiger partial charge is 0.479 e. The Balaban J connectivity index is 1.03. The Hall–Kier alpha value is -1.25. The van der Waals surface area contributed by atoms with Crippen LogP contribution in [0.25, 0.3) is 0 Å². The number of ether oxygens (including phenoxy) is 14. The Labute approximate surface area is 438 Å². The number of carboxylic acid groups (broad SMARTS) is 1. The molecule has 8 heterocycles. The van der Waals surface area contributed by atoms with Crippen LogP contribution >= 0.6 is 0 Å². The normalized spacial score (nSPS) is 53.6. The standard InChI is InChI=1S/C54H92O20/c1-15-33-46(55)53(60,47(56)49(57)58)72-41(50(33,8)64-14)25-32-24-39(63-13)27(3)54(71-32)29(5)48(70-43-23-20-35(62-12)31(7)66-43)51(9,74-54)40-21-18-37(68-40)36-16-17-38(67-36)45-26(2)44(28(4)52(10,59)73-45)69-42-22-19-34(61-11)30(6)65-42/h26-48,55-56,59-60H,15-25H2,1-14H3,(H,57,58). The molecule has 428 valence electrons. The van der Waals surface area contributed by atoms with E-state index in [-0.39, 0.29) is 79.4 Å². The topological polar surface area (TPSA) is 247 Å². The number of carboxylic acids is 1. The first-order chi connectivity index (χ1) is 34.9. The third-order valence-electron chi connectivity index (χ3n) is 19.5. The van der Waals surface area contributed by atoms with Gasteiger partial charge in [0.05, 0.1) is 91.1 Å². The first-order valence-corrected chi connectivity index (χ1v) is 27.7. The maximum atomic E-state index is 12.1. The summed E-state index contributed by atoms with van der Waals surface area (Å²) in [5.41, 5.74) is -2.37. The molecule has 0 amide bonds. The molecule has 1 spiro atoms. The van der Waals surface area contributed by atoms with Gasteiger partial charge >= 0.3 is 5.97 Å². The van der Waals surface area contributed by atoms with Crippen LogP contribution in [0.1, 0.15) is 140 Å². The lowest BCUT2D eigenvalue weighted by molar-refractivity contribution is -0.393. The highest BCUT2D eigenvalue weighted by molar-refractivity contribution is 5.73. The van der Waals surface area contributed by atoms with Crippen LogP contribution in [0.15, 0.2) is 0 Å². The van der Waals surface area contributed by atoms with E-state index in [2.05, 4.69) is 13.8 Å². The van der Waals surface area contributed by atoms with Crippen LogP contribution in [0, 0.1) is 29.6 Å². The summed E-state index contributed by atoms with van der Waals surface area (Å²) < 4.78 is 91.8. The van der Waals surface area contributed by atoms with Crippen LogP contribution in [-0.2, 0) is 71.1 Å². The summed E-state index contributed by atoms with van der Waals surface area (Å²) in [5.74, 6) is -9.52. The smallest absolute Gasteiger partial charge is 0.338 e. The van der Waals surface area contributed by atoms with Crippen molar-refractivity contribution in [3.8, 4) is 0 Å². The van der Waals surface area contributed by atoms with E-state index in [1.807, 2.05) is 34.6 Å². The predicted molar refractivity (Wildman–Crippen MR) is 262 cm³/mol. The average Bonchev–Trinajstić information content (AvgIpc) is 4.11. The minimum absolute atomic E-state index is 0.00318. The minimum Gasteiger partial charge on any atom is -0.479 e. The second kappa shape index (κ2) is 22.7. The van der Waals surface area contributed by atoms with Crippen LogP contribution in [0.3, 0.4) is 0 Å². The van der Waals surface area contributed by atoms with Crippen molar-refractivity contribution in [2.24, 2.45) is 29.6 Å². The van der Waals surface area contributed by atoms with E-state index in [1.54, 1.807) is 42.1 Å². The molecule has 0 aliphatic carbocycles. The average molecular weight is 1060 g/mol. The Morgan fingerprint density at radius 3 is 1.84 bits per heavy atom. The lowest BCUT2D eigenvalue weighted by atomic mass is 9.70. The van der Waals surface area contributed by atoms with Gasteiger partial charge in [-0.05, 0) is 79.6 Å². The summed E-state index contributed by atoms with van der Waals surface area (Å²) in [7, 11) is 6.50. The highest BCUT2D eigenvalue weighted by Gasteiger charge is 2.70. The number of methoxy groups -OCH3 is 4. The quantitative estimate of drug-likeness (QED) is 0.142. The molecular formula is C54H92O20. The van der Waals surface area contributed by atoms with Gasteiger partial charge in [0.25, 0.3) is 0 Å². The Morgan fingerprint density at radius 1 is 0.689 bits per heavy atom. The molecule has 8 saturated heterocycles. The van der Waals surface area contributed by atoms with Crippen molar-refractivity contribution in [2.75, 3.05) is 28.4 Å². The Bertz CT molecular complexity index is 1880. The lowest BCUT2D eigenvalue weighted by Gasteiger charge is -2.56. The zero-order valence-corrected chi connectivity index (χ0v) is 46.4. The van der Waals surface area contributed by atoms with Crippen LogP contribution < -0.4 is 0 Å². The van der Waals surface area contributed by atoms with Crippen molar-refractivity contribution in [1.82, 2.24) is 0 Å². The van der Waals surface area contributed by atoms with Gasteiger partial charge in [0.1, 0.15) is 11.7 Å². The van der Waals surface area contributed by atoms with E-state index in [9.17, 15) is 30.3 Å². The maximum Gasteiger partial charge on any atom is 0.338 e. The minimum atomic E-state index is -2.85. The highest BCUT2D eigenvalue weighted by Crippen LogP contribution is 2.58. The number of hydrogen-bond acceptors (Lipinski definition) is 19. The molecule has 0 bridgehead atoms. The number of aliphatic hydroxyl groups excluding tert-OH is 2. The monoisotopic (exact) mass is 1060 g/mol. The zero-order chi connectivity index (χ0) is 54.0. The maximum absolute atomic E-state index is 12.1. The van der Waals surface area contributed by atoms with Crippen LogP contribution in [-0.4, -0.2) is 199 Å². The SMILES string of the molecule is CCC1C(O)C(O)(C(O)C(=O)O)OC(CC2CC(OC)C(C)C3(O2)OC(C)(C2CCC(C4CCC(C5OC(C)(O)C(C)C(OC6CCC(OC)C(C)O6)C5C)O4)O2)C(OC2CCC(OC)C(C)O2)C3C)C1(C)OC. The van der Waals surface area contributed by atoms with Gasteiger partial charge in [0, 0.05) is 83.7 Å². The van der Waals surface area contributed by atoms with E-state index < -0.39 is 108 Å². The summed E-state index contributed by atoms with van der Waals surface area (Å²) >= 11 is 0. The molecule has 28 unspecified atom stereocenters. The van der Waals surface area contributed by atoms with Crippen molar-refractivity contribution < 1.29 is 96.6 Å². The van der Waals surface area contributed by atoms with Gasteiger partial charge in [-0.3, -0.25) is 0 Å². The molecule has 5 N–H and O–H groups in total. The summed E-state index contributed by atoms with van der Waals surface area (Å²) in [6.45, 7) is 19.4. The Kier molecular flexibility index (Phi) is 18.1. The van der Waals surface area contributed by atoms with Crippen molar-refractivity contribution in [3.63, 3.8) is 0 Å². The lowest BCUT2D eigenvalue weighted by Crippen LogP contribution is -2.72. The first kappa shape index (κ1) is 58.9. The molecule has 0 aromatic rings. The number of aliphatic hydroxyl groups is 4. The van der Waals surface area contributed by atoms with Gasteiger partial charge in [-0.1, -0.05) is 34.6 Å². The second-order valence-electron chi connectivity index (χ2n) is 23.7. The molecule has 20 nitrogen and oxygen atoms in total. The van der Waals surface area contributed by atoms with Crippen molar-refractivity contribution in [3.05, 3.63) is 0 Å². The van der Waals surface area contributed by atoms with Crippen molar-refractivity contribution >= 4 is 5.97 Å². The van der Waals surface area contributed by atoms with E-state index >= 15 is 0 Å². The third-order valence-corrected chi connectivity index (χ3v) is 19.5. The van der Waals surface area contributed by atoms with Crippen LogP contribution in [0.5, 0.6) is 0 Å². The fourth-order valence-corrected chi connectivity index (χ4v) is 14.7. The molecule has 8 rings (SSSR count). The molecule has 28 atom stereocenters. The van der Waals surface area contributed by atoms with Gasteiger partial charge in [-0.2, -0.15) is 0 Å². The number of rotatable bonds is 16. The fraction of sp³-hybridized carbons (Fsp3) is 0.981. The number of aliphatic carboxylic acids is 1. The molecule has 0 radical (unpaired) electrons. The molecule has 8 aliphatic rings. The second-order valence-corrected chi connectivity index (χ2v) is 23.7. The number of hydrogen-bond donors (Lipinski definition) is 5. The Morgan fingerprint density at radius 2 is 1.27 bits per heavy atom. The van der Waals surface area contributed by atoms with E-state index in [0.717, 1.165) is 19.3 Å². The van der Waals surface area contributed by atoms with Gasteiger partial charge < -0.3 is 91.8 Å². The molecule has 74 heavy (non-hydrogen) atoms. The predicted octanol–water partition coefficient (Wildman–Crippen LogP) is 4.59. The molecule has 0 saturated carbocycles. The molecule has 8 aliphatic heterocycles. The molecule has 0 aromatic heterocycles. The highest BCUT2D eigenvalue weighted by atomic mass is 16.8. The first-order valence-electron chi connectivity index (χ1n) is 27.7. The summed E-state index contributed by atoms with van der Waals surface area (Å²) in [4.78, 5) is 12.1. The molecular weight excluding hydrogens is 969 g/mol.